The summed E-state index contributed by atoms with van der Waals surface area (Å²) >= 11 is 1.88. The molecule has 92 valence electrons. The summed E-state index contributed by atoms with van der Waals surface area (Å²) in [6, 6.07) is 5.17. The summed E-state index contributed by atoms with van der Waals surface area (Å²) in [6.07, 6.45) is 4.58. The summed E-state index contributed by atoms with van der Waals surface area (Å²) in [5.41, 5.74) is 1.78. The van der Waals surface area contributed by atoms with E-state index in [-0.39, 0.29) is 10.6 Å². The number of rotatable bonds is 5. The molecule has 0 amide bonds. The van der Waals surface area contributed by atoms with Crippen LogP contribution < -0.4 is 5.32 Å². The second kappa shape index (κ2) is 4.56. The third-order valence-corrected chi connectivity index (χ3v) is 4.76. The lowest BCUT2D eigenvalue weighted by molar-refractivity contribution is -0.385. The second-order valence-electron chi connectivity index (χ2n) is 4.45. The Morgan fingerprint density at radius 2 is 2.24 bits per heavy atom. The SMILES string of the molecule is CSC1(CNc2cccc([N+](=O)[O-])c2C)CC1. The Labute approximate surface area is 105 Å². The van der Waals surface area contributed by atoms with E-state index in [1.807, 2.05) is 17.8 Å². The molecule has 1 saturated carbocycles. The Hall–Kier alpha value is -1.23. The highest BCUT2D eigenvalue weighted by atomic mass is 32.2. The lowest BCUT2D eigenvalue weighted by Gasteiger charge is -2.15. The molecule has 1 aliphatic carbocycles. The van der Waals surface area contributed by atoms with Crippen molar-refractivity contribution >= 4 is 23.1 Å². The summed E-state index contributed by atoms with van der Waals surface area (Å²) in [6.45, 7) is 2.68. The topological polar surface area (TPSA) is 55.2 Å². The van der Waals surface area contributed by atoms with E-state index in [4.69, 9.17) is 0 Å². The van der Waals surface area contributed by atoms with Gasteiger partial charge in [-0.1, -0.05) is 6.07 Å². The molecule has 1 aromatic rings. The lowest BCUT2D eigenvalue weighted by Crippen LogP contribution is -2.18. The average molecular weight is 252 g/mol. The minimum absolute atomic E-state index is 0.184. The molecule has 1 N–H and O–H groups in total. The number of nitrogens with zero attached hydrogens (tertiary/aromatic N) is 1. The molecule has 1 aliphatic rings. The molecule has 4 nitrogen and oxygen atoms in total. The number of hydrogen-bond donors (Lipinski definition) is 1. The minimum Gasteiger partial charge on any atom is -0.383 e. The third-order valence-electron chi connectivity index (χ3n) is 3.34. The van der Waals surface area contributed by atoms with Crippen molar-refractivity contribution in [3.05, 3.63) is 33.9 Å². The van der Waals surface area contributed by atoms with Gasteiger partial charge in [-0.15, -0.1) is 0 Å². The van der Waals surface area contributed by atoms with E-state index < -0.39 is 0 Å². The van der Waals surface area contributed by atoms with Crippen LogP contribution >= 0.6 is 11.8 Å². The number of nitro groups is 1. The maximum atomic E-state index is 10.8. The summed E-state index contributed by atoms with van der Waals surface area (Å²) in [5, 5.41) is 14.2. The van der Waals surface area contributed by atoms with Crippen LogP contribution in [0.25, 0.3) is 0 Å². The predicted molar refractivity (Wildman–Crippen MR) is 71.8 cm³/mol. The minimum atomic E-state index is -0.331. The molecule has 0 bridgehead atoms. The molecular formula is C12H16N2O2S. The van der Waals surface area contributed by atoms with Crippen molar-refractivity contribution < 1.29 is 4.92 Å². The summed E-state index contributed by atoms with van der Waals surface area (Å²) in [5.74, 6) is 0. The number of nitrogens with one attached hydrogen (secondary N) is 1. The Morgan fingerprint density at radius 1 is 1.53 bits per heavy atom. The van der Waals surface area contributed by atoms with Gasteiger partial charge in [0.25, 0.3) is 5.69 Å². The molecule has 0 aromatic heterocycles. The van der Waals surface area contributed by atoms with Crippen LogP contribution in [0.2, 0.25) is 0 Å². The van der Waals surface area contributed by atoms with Crippen molar-refractivity contribution in [3.63, 3.8) is 0 Å². The van der Waals surface area contributed by atoms with Crippen LogP contribution in [-0.2, 0) is 0 Å². The molecule has 0 unspecified atom stereocenters. The van der Waals surface area contributed by atoms with Crippen LogP contribution in [0.4, 0.5) is 11.4 Å². The fourth-order valence-corrected chi connectivity index (χ4v) is 2.59. The number of anilines is 1. The molecule has 0 spiro atoms. The van der Waals surface area contributed by atoms with Crippen LogP contribution in [0.1, 0.15) is 18.4 Å². The Balaban J connectivity index is 2.11. The zero-order valence-electron chi connectivity index (χ0n) is 10.0. The van der Waals surface area contributed by atoms with E-state index in [0.717, 1.165) is 17.8 Å². The first-order valence-corrected chi connectivity index (χ1v) is 6.83. The molecule has 2 rings (SSSR count). The van der Waals surface area contributed by atoms with E-state index in [1.165, 1.54) is 12.8 Å². The first-order valence-electron chi connectivity index (χ1n) is 5.61. The van der Waals surface area contributed by atoms with E-state index in [9.17, 15) is 10.1 Å². The maximum Gasteiger partial charge on any atom is 0.274 e. The van der Waals surface area contributed by atoms with Gasteiger partial charge < -0.3 is 5.32 Å². The summed E-state index contributed by atoms with van der Waals surface area (Å²) < 4.78 is 0.358. The van der Waals surface area contributed by atoms with Gasteiger partial charge in [0.1, 0.15) is 0 Å². The highest BCUT2D eigenvalue weighted by molar-refractivity contribution is 8.00. The monoisotopic (exact) mass is 252 g/mol. The zero-order chi connectivity index (χ0) is 12.5. The van der Waals surface area contributed by atoms with Crippen LogP contribution in [0.5, 0.6) is 0 Å². The van der Waals surface area contributed by atoms with Gasteiger partial charge in [-0.25, -0.2) is 0 Å². The van der Waals surface area contributed by atoms with Crippen molar-refractivity contribution in [1.29, 1.82) is 0 Å². The van der Waals surface area contributed by atoms with Crippen molar-refractivity contribution in [2.75, 3.05) is 18.1 Å². The number of nitro benzene ring substituents is 1. The van der Waals surface area contributed by atoms with E-state index >= 15 is 0 Å². The molecule has 5 heteroatoms. The molecule has 1 fully saturated rings. The van der Waals surface area contributed by atoms with Crippen molar-refractivity contribution in [3.8, 4) is 0 Å². The molecule has 0 aliphatic heterocycles. The highest BCUT2D eigenvalue weighted by Crippen LogP contribution is 2.47. The smallest absolute Gasteiger partial charge is 0.274 e. The van der Waals surface area contributed by atoms with Gasteiger partial charge in [-0.2, -0.15) is 11.8 Å². The van der Waals surface area contributed by atoms with Crippen LogP contribution in [0, 0.1) is 17.0 Å². The standard InChI is InChI=1S/C12H16N2O2S/c1-9-10(4-3-5-11(9)14(15)16)13-8-12(17-2)6-7-12/h3-5,13H,6-8H2,1-2H3. The van der Waals surface area contributed by atoms with Crippen molar-refractivity contribution in [1.82, 2.24) is 0 Å². The van der Waals surface area contributed by atoms with Crippen molar-refractivity contribution in [2.45, 2.75) is 24.5 Å². The number of thioether (sulfide) groups is 1. The first kappa shape index (κ1) is 12.2. The molecule has 0 saturated heterocycles. The zero-order valence-corrected chi connectivity index (χ0v) is 10.8. The van der Waals surface area contributed by atoms with Crippen LogP contribution in [0.15, 0.2) is 18.2 Å². The fourth-order valence-electron chi connectivity index (χ4n) is 1.86. The van der Waals surface area contributed by atoms with Crippen LogP contribution in [-0.4, -0.2) is 22.5 Å². The molecule has 0 atom stereocenters. The Bertz CT molecular complexity index is 444. The molecule has 0 radical (unpaired) electrons. The van der Waals surface area contributed by atoms with E-state index in [0.29, 0.717) is 4.75 Å². The fraction of sp³-hybridized carbons (Fsp3) is 0.500. The molecule has 1 aromatic carbocycles. The number of hydrogen-bond acceptors (Lipinski definition) is 4. The summed E-state index contributed by atoms with van der Waals surface area (Å²) in [7, 11) is 0. The van der Waals surface area contributed by atoms with Gasteiger partial charge >= 0.3 is 0 Å². The highest BCUT2D eigenvalue weighted by Gasteiger charge is 2.41. The molecule has 17 heavy (non-hydrogen) atoms. The van der Waals surface area contributed by atoms with Gasteiger partial charge in [0.15, 0.2) is 0 Å². The normalized spacial score (nSPS) is 16.6. The van der Waals surface area contributed by atoms with Gasteiger partial charge in [0, 0.05) is 28.6 Å². The van der Waals surface area contributed by atoms with Gasteiger partial charge in [-0.05, 0) is 32.1 Å². The van der Waals surface area contributed by atoms with Gasteiger partial charge in [0.2, 0.25) is 0 Å². The van der Waals surface area contributed by atoms with Gasteiger partial charge in [-0.3, -0.25) is 10.1 Å². The van der Waals surface area contributed by atoms with E-state index in [2.05, 4.69) is 11.6 Å². The lowest BCUT2D eigenvalue weighted by atomic mass is 10.1. The third kappa shape index (κ3) is 2.54. The molecule has 0 heterocycles. The Morgan fingerprint density at radius 3 is 2.76 bits per heavy atom. The van der Waals surface area contributed by atoms with Gasteiger partial charge in [0.05, 0.1) is 4.92 Å². The first-order chi connectivity index (χ1) is 8.08. The largest absolute Gasteiger partial charge is 0.383 e. The average Bonchev–Trinajstić information content (AvgIpc) is 3.08. The summed E-state index contributed by atoms with van der Waals surface area (Å²) in [4.78, 5) is 10.5. The molecular weight excluding hydrogens is 236 g/mol. The van der Waals surface area contributed by atoms with Crippen LogP contribution in [0.3, 0.4) is 0 Å². The van der Waals surface area contributed by atoms with Crippen molar-refractivity contribution in [2.24, 2.45) is 0 Å². The second-order valence-corrected chi connectivity index (χ2v) is 5.72. The number of benzene rings is 1. The Kier molecular flexibility index (Phi) is 3.28. The van der Waals surface area contributed by atoms with E-state index in [1.54, 1.807) is 19.1 Å². The quantitative estimate of drug-likeness (QED) is 0.645. The maximum absolute atomic E-state index is 10.8. The predicted octanol–water partition coefficient (Wildman–Crippen LogP) is 3.21.